The normalized spacial score (nSPS) is 15.0. The summed E-state index contributed by atoms with van der Waals surface area (Å²) in [6.45, 7) is 2.02. The van der Waals surface area contributed by atoms with Crippen LogP contribution in [0, 0.1) is 0 Å². The van der Waals surface area contributed by atoms with Gasteiger partial charge in [-0.2, -0.15) is 0 Å². The van der Waals surface area contributed by atoms with E-state index in [0.29, 0.717) is 5.16 Å². The summed E-state index contributed by atoms with van der Waals surface area (Å²) in [7, 11) is 1.63. The van der Waals surface area contributed by atoms with Crippen LogP contribution in [0.4, 0.5) is 0 Å². The molecule has 1 aromatic heterocycles. The Morgan fingerprint density at radius 1 is 1.69 bits per heavy atom. The standard InChI is InChI=1S/C9H18N4O2S/c1-3-4-6(10)7(5-14)16-9-12-11-8(15)13(9)2/h6-7,14H,3-5,10H2,1-2H3,(H,11,15). The van der Waals surface area contributed by atoms with Gasteiger partial charge in [0.1, 0.15) is 0 Å². The zero-order valence-electron chi connectivity index (χ0n) is 9.51. The van der Waals surface area contributed by atoms with E-state index in [2.05, 4.69) is 10.2 Å². The Hall–Kier alpha value is -0.790. The van der Waals surface area contributed by atoms with Crippen LogP contribution in [-0.4, -0.2) is 37.8 Å². The molecule has 0 aliphatic heterocycles. The number of rotatable bonds is 6. The van der Waals surface area contributed by atoms with Crippen molar-refractivity contribution in [3.8, 4) is 0 Å². The molecular weight excluding hydrogens is 228 g/mol. The molecule has 0 fully saturated rings. The number of nitrogens with two attached hydrogens (primary N) is 1. The van der Waals surface area contributed by atoms with Crippen molar-refractivity contribution in [2.75, 3.05) is 6.61 Å². The number of aromatic amines is 1. The van der Waals surface area contributed by atoms with Gasteiger partial charge in [0.05, 0.1) is 11.9 Å². The summed E-state index contributed by atoms with van der Waals surface area (Å²) in [6.07, 6.45) is 1.81. The van der Waals surface area contributed by atoms with Crippen LogP contribution in [0.25, 0.3) is 0 Å². The number of nitrogens with zero attached hydrogens (tertiary/aromatic N) is 2. The summed E-state index contributed by atoms with van der Waals surface area (Å²) in [5.74, 6) is 0. The molecule has 0 amide bonds. The second kappa shape index (κ2) is 6.07. The Morgan fingerprint density at radius 2 is 2.38 bits per heavy atom. The van der Waals surface area contributed by atoms with Gasteiger partial charge in [-0.25, -0.2) is 9.89 Å². The topological polar surface area (TPSA) is 96.9 Å². The van der Waals surface area contributed by atoms with Gasteiger partial charge in [0.2, 0.25) is 0 Å². The molecule has 2 atom stereocenters. The molecule has 0 saturated heterocycles. The van der Waals surface area contributed by atoms with Crippen LogP contribution in [0.1, 0.15) is 19.8 Å². The van der Waals surface area contributed by atoms with Crippen molar-refractivity contribution in [1.82, 2.24) is 14.8 Å². The van der Waals surface area contributed by atoms with E-state index in [4.69, 9.17) is 5.73 Å². The van der Waals surface area contributed by atoms with Crippen molar-refractivity contribution in [3.63, 3.8) is 0 Å². The van der Waals surface area contributed by atoms with Crippen molar-refractivity contribution < 1.29 is 5.11 Å². The van der Waals surface area contributed by atoms with Crippen LogP contribution in [0.5, 0.6) is 0 Å². The van der Waals surface area contributed by atoms with Gasteiger partial charge in [-0.15, -0.1) is 5.10 Å². The first-order chi connectivity index (χ1) is 7.60. The summed E-state index contributed by atoms with van der Waals surface area (Å²) in [5, 5.41) is 15.9. The highest BCUT2D eigenvalue weighted by Gasteiger charge is 2.20. The van der Waals surface area contributed by atoms with E-state index in [0.717, 1.165) is 12.8 Å². The quantitative estimate of drug-likeness (QED) is 0.598. The van der Waals surface area contributed by atoms with Gasteiger partial charge in [0.15, 0.2) is 5.16 Å². The number of aliphatic hydroxyl groups excluding tert-OH is 1. The fraction of sp³-hybridized carbons (Fsp3) is 0.778. The van der Waals surface area contributed by atoms with Gasteiger partial charge in [0, 0.05) is 13.1 Å². The minimum absolute atomic E-state index is 0.0209. The first-order valence-corrected chi connectivity index (χ1v) is 6.12. The lowest BCUT2D eigenvalue weighted by Crippen LogP contribution is -2.35. The van der Waals surface area contributed by atoms with E-state index in [-0.39, 0.29) is 23.6 Å². The zero-order chi connectivity index (χ0) is 12.1. The van der Waals surface area contributed by atoms with Crippen LogP contribution in [0.3, 0.4) is 0 Å². The molecule has 1 aromatic rings. The molecule has 16 heavy (non-hydrogen) atoms. The van der Waals surface area contributed by atoms with Crippen LogP contribution < -0.4 is 11.4 Å². The van der Waals surface area contributed by atoms with Gasteiger partial charge in [0.25, 0.3) is 0 Å². The lowest BCUT2D eigenvalue weighted by atomic mass is 10.1. The van der Waals surface area contributed by atoms with Gasteiger partial charge in [-0.1, -0.05) is 25.1 Å². The number of hydrogen-bond donors (Lipinski definition) is 3. The number of H-pyrrole nitrogens is 1. The Labute approximate surface area is 98.2 Å². The molecule has 0 bridgehead atoms. The highest BCUT2D eigenvalue weighted by Crippen LogP contribution is 2.22. The minimum Gasteiger partial charge on any atom is -0.395 e. The lowest BCUT2D eigenvalue weighted by Gasteiger charge is -2.19. The SMILES string of the molecule is CCCC(N)C(CO)Sc1n[nH]c(=O)n1C. The summed E-state index contributed by atoms with van der Waals surface area (Å²) >= 11 is 1.33. The van der Waals surface area contributed by atoms with Gasteiger partial charge < -0.3 is 10.8 Å². The fourth-order valence-corrected chi connectivity index (χ4v) is 2.35. The third-order valence-electron chi connectivity index (χ3n) is 2.38. The van der Waals surface area contributed by atoms with E-state index in [1.165, 1.54) is 16.3 Å². The Kier molecular flexibility index (Phi) is 5.04. The summed E-state index contributed by atoms with van der Waals surface area (Å²) in [4.78, 5) is 11.1. The first kappa shape index (κ1) is 13.3. The first-order valence-electron chi connectivity index (χ1n) is 5.24. The van der Waals surface area contributed by atoms with Crippen molar-refractivity contribution in [2.45, 2.75) is 36.2 Å². The average molecular weight is 246 g/mol. The highest BCUT2D eigenvalue weighted by atomic mass is 32.2. The van der Waals surface area contributed by atoms with Crippen LogP contribution in [0.15, 0.2) is 9.95 Å². The Balaban J connectivity index is 2.70. The second-order valence-corrected chi connectivity index (χ2v) is 4.87. The lowest BCUT2D eigenvalue weighted by molar-refractivity contribution is 0.279. The minimum atomic E-state index is -0.261. The molecule has 92 valence electrons. The average Bonchev–Trinajstić information content (AvgIpc) is 2.57. The van der Waals surface area contributed by atoms with Crippen LogP contribution in [0.2, 0.25) is 0 Å². The molecule has 1 rings (SSSR count). The number of nitrogens with one attached hydrogen (secondary N) is 1. The molecule has 7 heteroatoms. The van der Waals surface area contributed by atoms with Gasteiger partial charge >= 0.3 is 5.69 Å². The summed E-state index contributed by atoms with van der Waals surface area (Å²) in [5.41, 5.74) is 5.68. The van der Waals surface area contributed by atoms with E-state index in [9.17, 15) is 9.90 Å². The van der Waals surface area contributed by atoms with E-state index >= 15 is 0 Å². The fourth-order valence-electron chi connectivity index (χ4n) is 1.35. The van der Waals surface area contributed by atoms with E-state index < -0.39 is 0 Å². The zero-order valence-corrected chi connectivity index (χ0v) is 10.3. The van der Waals surface area contributed by atoms with Crippen LogP contribution >= 0.6 is 11.8 Å². The molecule has 6 nitrogen and oxygen atoms in total. The van der Waals surface area contributed by atoms with E-state index in [1.807, 2.05) is 6.92 Å². The smallest absolute Gasteiger partial charge is 0.343 e. The number of aliphatic hydroxyl groups is 1. The Morgan fingerprint density at radius 3 is 2.81 bits per heavy atom. The van der Waals surface area contributed by atoms with Crippen molar-refractivity contribution in [3.05, 3.63) is 10.5 Å². The molecule has 0 aliphatic rings. The molecule has 0 spiro atoms. The predicted molar refractivity (Wildman–Crippen MR) is 63.4 cm³/mol. The number of hydrogen-bond acceptors (Lipinski definition) is 5. The van der Waals surface area contributed by atoms with Crippen molar-refractivity contribution in [2.24, 2.45) is 12.8 Å². The number of thioether (sulfide) groups is 1. The van der Waals surface area contributed by atoms with Crippen molar-refractivity contribution >= 4 is 11.8 Å². The molecule has 1 heterocycles. The predicted octanol–water partition coefficient (Wildman–Crippen LogP) is -0.311. The van der Waals surface area contributed by atoms with Gasteiger partial charge in [-0.3, -0.25) is 4.57 Å². The molecule has 0 aromatic carbocycles. The maximum absolute atomic E-state index is 11.1. The summed E-state index contributed by atoms with van der Waals surface area (Å²) in [6, 6.07) is -0.0909. The highest BCUT2D eigenvalue weighted by molar-refractivity contribution is 7.99. The maximum Gasteiger partial charge on any atom is 0.343 e. The van der Waals surface area contributed by atoms with Crippen LogP contribution in [-0.2, 0) is 7.05 Å². The molecule has 0 aliphatic carbocycles. The molecule has 4 N–H and O–H groups in total. The van der Waals surface area contributed by atoms with Gasteiger partial charge in [-0.05, 0) is 6.42 Å². The third-order valence-corrected chi connectivity index (χ3v) is 3.75. The van der Waals surface area contributed by atoms with Crippen molar-refractivity contribution in [1.29, 1.82) is 0 Å². The number of aromatic nitrogens is 3. The second-order valence-electron chi connectivity index (χ2n) is 3.66. The Bertz CT molecular complexity index is 376. The monoisotopic (exact) mass is 246 g/mol. The summed E-state index contributed by atoms with van der Waals surface area (Å²) < 4.78 is 1.41. The maximum atomic E-state index is 11.1. The van der Waals surface area contributed by atoms with E-state index in [1.54, 1.807) is 7.05 Å². The molecule has 2 unspecified atom stereocenters. The molecule has 0 saturated carbocycles. The largest absolute Gasteiger partial charge is 0.395 e. The third kappa shape index (κ3) is 3.10. The molecule has 0 radical (unpaired) electrons. The molecular formula is C9H18N4O2S.